The smallest absolute Gasteiger partial charge is 0.338 e. The lowest BCUT2D eigenvalue weighted by Crippen LogP contribution is -2.13. The molecule has 17 heavy (non-hydrogen) atoms. The molecule has 1 aromatic carbocycles. The predicted octanol–water partition coefficient (Wildman–Crippen LogP) is 4.17. The Kier molecular flexibility index (Phi) is 6.27. The number of ether oxygens (including phenoxy) is 1. The first-order valence-electron chi connectivity index (χ1n) is 6.03. The fraction of sp³-hybridized carbons (Fsp3) is 0.500. The van der Waals surface area contributed by atoms with Crippen LogP contribution in [-0.4, -0.2) is 12.6 Å². The largest absolute Gasteiger partial charge is 0.462 e. The molecule has 0 aromatic heterocycles. The molecule has 3 heteroatoms. The summed E-state index contributed by atoms with van der Waals surface area (Å²) >= 11 is 3.37. The first-order chi connectivity index (χ1) is 8.21. The molecule has 0 N–H and O–H groups in total. The molecule has 0 atom stereocenters. The zero-order valence-corrected chi connectivity index (χ0v) is 12.0. The molecule has 0 aliphatic rings. The summed E-state index contributed by atoms with van der Waals surface area (Å²) in [5, 5.41) is 0.802. The standard InChI is InChI=1S/C14H19BrO2/c1-3-11(4-2)10-17-14(16)13-7-5-12(9-15)6-8-13/h5-8,11H,3-4,9-10H2,1-2H3. The molecule has 0 radical (unpaired) electrons. The van der Waals surface area contributed by atoms with Crippen molar-refractivity contribution >= 4 is 21.9 Å². The fourth-order valence-corrected chi connectivity index (χ4v) is 1.90. The van der Waals surface area contributed by atoms with Gasteiger partial charge in [0.2, 0.25) is 0 Å². The number of halogens is 1. The van der Waals surface area contributed by atoms with Crippen molar-refractivity contribution in [3.8, 4) is 0 Å². The maximum Gasteiger partial charge on any atom is 0.338 e. The third-order valence-electron chi connectivity index (χ3n) is 2.95. The molecule has 1 rings (SSSR count). The first-order valence-corrected chi connectivity index (χ1v) is 7.15. The van der Waals surface area contributed by atoms with Gasteiger partial charge in [-0.25, -0.2) is 4.79 Å². The van der Waals surface area contributed by atoms with Crippen molar-refractivity contribution in [3.05, 3.63) is 35.4 Å². The number of hydrogen-bond acceptors (Lipinski definition) is 2. The van der Waals surface area contributed by atoms with Crippen LogP contribution in [0.15, 0.2) is 24.3 Å². The van der Waals surface area contributed by atoms with Crippen molar-refractivity contribution in [2.45, 2.75) is 32.0 Å². The fourth-order valence-electron chi connectivity index (χ4n) is 1.53. The van der Waals surface area contributed by atoms with Gasteiger partial charge in [0, 0.05) is 5.33 Å². The Balaban J connectivity index is 2.51. The van der Waals surface area contributed by atoms with Crippen molar-refractivity contribution in [2.24, 2.45) is 5.92 Å². The zero-order chi connectivity index (χ0) is 12.7. The van der Waals surface area contributed by atoms with Crippen LogP contribution in [0.25, 0.3) is 0 Å². The summed E-state index contributed by atoms with van der Waals surface area (Å²) in [7, 11) is 0. The maximum atomic E-state index is 11.7. The van der Waals surface area contributed by atoms with Gasteiger partial charge in [-0.3, -0.25) is 0 Å². The van der Waals surface area contributed by atoms with Crippen molar-refractivity contribution < 1.29 is 9.53 Å². The van der Waals surface area contributed by atoms with Crippen LogP contribution >= 0.6 is 15.9 Å². The van der Waals surface area contributed by atoms with E-state index in [4.69, 9.17) is 4.74 Å². The normalized spacial score (nSPS) is 10.6. The van der Waals surface area contributed by atoms with Crippen LogP contribution in [-0.2, 0) is 10.1 Å². The molecule has 0 saturated carbocycles. The van der Waals surface area contributed by atoms with Gasteiger partial charge in [-0.05, 0) is 23.6 Å². The molecule has 1 aromatic rings. The summed E-state index contributed by atoms with van der Waals surface area (Å²) in [5.41, 5.74) is 1.78. The SMILES string of the molecule is CCC(CC)COC(=O)c1ccc(CBr)cc1. The summed E-state index contributed by atoms with van der Waals surface area (Å²) in [5.74, 6) is 0.249. The summed E-state index contributed by atoms with van der Waals surface area (Å²) in [6.07, 6.45) is 2.10. The van der Waals surface area contributed by atoms with E-state index in [1.807, 2.05) is 24.3 Å². The van der Waals surface area contributed by atoms with Crippen molar-refractivity contribution in [3.63, 3.8) is 0 Å². The average Bonchev–Trinajstić information content (AvgIpc) is 2.39. The molecule has 0 aliphatic heterocycles. The average molecular weight is 299 g/mol. The zero-order valence-electron chi connectivity index (χ0n) is 10.4. The number of alkyl halides is 1. The monoisotopic (exact) mass is 298 g/mol. The maximum absolute atomic E-state index is 11.7. The quantitative estimate of drug-likeness (QED) is 0.582. The predicted molar refractivity (Wildman–Crippen MR) is 73.4 cm³/mol. The van der Waals surface area contributed by atoms with E-state index in [1.54, 1.807) is 0 Å². The number of hydrogen-bond donors (Lipinski definition) is 0. The van der Waals surface area contributed by atoms with Crippen LogP contribution in [0.3, 0.4) is 0 Å². The van der Waals surface area contributed by atoms with Gasteiger partial charge in [0.15, 0.2) is 0 Å². The number of rotatable bonds is 6. The van der Waals surface area contributed by atoms with Crippen LogP contribution in [0, 0.1) is 5.92 Å². The lowest BCUT2D eigenvalue weighted by Gasteiger charge is -2.12. The summed E-state index contributed by atoms with van der Waals surface area (Å²) in [6, 6.07) is 7.49. The second-order valence-electron chi connectivity index (χ2n) is 4.11. The summed E-state index contributed by atoms with van der Waals surface area (Å²) < 4.78 is 5.29. The Morgan fingerprint density at radius 1 is 1.24 bits per heavy atom. The third-order valence-corrected chi connectivity index (χ3v) is 3.60. The Hall–Kier alpha value is -0.830. The van der Waals surface area contributed by atoms with E-state index in [0.717, 1.165) is 23.7 Å². The molecule has 0 amide bonds. The minimum Gasteiger partial charge on any atom is -0.462 e. The van der Waals surface area contributed by atoms with Crippen molar-refractivity contribution in [1.82, 2.24) is 0 Å². The van der Waals surface area contributed by atoms with Gasteiger partial charge >= 0.3 is 5.97 Å². The first kappa shape index (κ1) is 14.2. The highest BCUT2D eigenvalue weighted by molar-refractivity contribution is 9.08. The highest BCUT2D eigenvalue weighted by atomic mass is 79.9. The molecular weight excluding hydrogens is 280 g/mol. The Morgan fingerprint density at radius 2 is 1.82 bits per heavy atom. The van der Waals surface area contributed by atoms with Crippen LogP contribution in [0.2, 0.25) is 0 Å². The van der Waals surface area contributed by atoms with E-state index in [2.05, 4.69) is 29.8 Å². The molecular formula is C14H19BrO2. The number of esters is 1. The molecule has 0 heterocycles. The van der Waals surface area contributed by atoms with E-state index in [9.17, 15) is 4.79 Å². The van der Waals surface area contributed by atoms with E-state index in [1.165, 1.54) is 0 Å². The van der Waals surface area contributed by atoms with Gasteiger partial charge in [0.1, 0.15) is 0 Å². The molecule has 0 bridgehead atoms. The Morgan fingerprint density at radius 3 is 2.29 bits per heavy atom. The van der Waals surface area contributed by atoms with Gasteiger partial charge in [0.25, 0.3) is 0 Å². The van der Waals surface area contributed by atoms with E-state index in [-0.39, 0.29) is 5.97 Å². The molecule has 0 unspecified atom stereocenters. The summed E-state index contributed by atoms with van der Waals surface area (Å²) in [4.78, 5) is 11.7. The van der Waals surface area contributed by atoms with Gasteiger partial charge in [-0.15, -0.1) is 0 Å². The lowest BCUT2D eigenvalue weighted by atomic mass is 10.1. The van der Waals surface area contributed by atoms with Gasteiger partial charge in [0.05, 0.1) is 12.2 Å². The third kappa shape index (κ3) is 4.50. The number of benzene rings is 1. The Bertz CT molecular complexity index is 342. The van der Waals surface area contributed by atoms with E-state index < -0.39 is 0 Å². The highest BCUT2D eigenvalue weighted by Gasteiger charge is 2.10. The minimum absolute atomic E-state index is 0.224. The van der Waals surface area contributed by atoms with E-state index in [0.29, 0.717) is 18.1 Å². The summed E-state index contributed by atoms with van der Waals surface area (Å²) in [6.45, 7) is 4.76. The molecule has 0 saturated heterocycles. The van der Waals surface area contributed by atoms with Crippen molar-refractivity contribution in [1.29, 1.82) is 0 Å². The van der Waals surface area contributed by atoms with Crippen LogP contribution < -0.4 is 0 Å². The van der Waals surface area contributed by atoms with Gasteiger partial charge < -0.3 is 4.74 Å². The molecule has 0 spiro atoms. The Labute approximate surface area is 111 Å². The molecule has 0 fully saturated rings. The highest BCUT2D eigenvalue weighted by Crippen LogP contribution is 2.12. The molecule has 94 valence electrons. The van der Waals surface area contributed by atoms with Crippen LogP contribution in [0.4, 0.5) is 0 Å². The number of carbonyl (C=O) groups excluding carboxylic acids is 1. The van der Waals surface area contributed by atoms with Crippen LogP contribution in [0.1, 0.15) is 42.6 Å². The van der Waals surface area contributed by atoms with Gasteiger partial charge in [-0.1, -0.05) is 54.8 Å². The lowest BCUT2D eigenvalue weighted by molar-refractivity contribution is 0.0433. The topological polar surface area (TPSA) is 26.3 Å². The molecule has 0 aliphatic carbocycles. The van der Waals surface area contributed by atoms with Crippen molar-refractivity contribution in [2.75, 3.05) is 6.61 Å². The van der Waals surface area contributed by atoms with Crippen LogP contribution in [0.5, 0.6) is 0 Å². The second-order valence-corrected chi connectivity index (χ2v) is 4.67. The van der Waals surface area contributed by atoms with Gasteiger partial charge in [-0.2, -0.15) is 0 Å². The molecule has 2 nitrogen and oxygen atoms in total. The number of carbonyl (C=O) groups is 1. The van der Waals surface area contributed by atoms with E-state index >= 15 is 0 Å². The second kappa shape index (κ2) is 7.49. The minimum atomic E-state index is -0.224.